The smallest absolute Gasteiger partial charge is 0.354 e. The second-order valence-corrected chi connectivity index (χ2v) is 4.73. The van der Waals surface area contributed by atoms with E-state index in [0.29, 0.717) is 4.47 Å². The van der Waals surface area contributed by atoms with E-state index in [1.165, 1.54) is 30.5 Å². The first-order valence-corrected chi connectivity index (χ1v) is 6.22. The predicted molar refractivity (Wildman–Crippen MR) is 73.2 cm³/mol. The monoisotopic (exact) mass is 338 g/mol. The van der Waals surface area contributed by atoms with Gasteiger partial charge in [0.15, 0.2) is 0 Å². The number of amides is 1. The highest BCUT2D eigenvalue weighted by atomic mass is 79.9. The molecular formula is C13H8BrFN2O3. The number of anilines is 1. The first kappa shape index (κ1) is 14.1. The predicted octanol–water partition coefficient (Wildman–Crippen LogP) is 2.93. The summed E-state index contributed by atoms with van der Waals surface area (Å²) < 4.78 is 14.1. The molecule has 0 atom stereocenters. The van der Waals surface area contributed by atoms with Gasteiger partial charge in [0.2, 0.25) is 0 Å². The van der Waals surface area contributed by atoms with Crippen molar-refractivity contribution in [2.24, 2.45) is 0 Å². The van der Waals surface area contributed by atoms with Crippen LogP contribution in [0.5, 0.6) is 0 Å². The molecule has 7 heteroatoms. The van der Waals surface area contributed by atoms with E-state index in [0.717, 1.165) is 6.07 Å². The molecule has 0 radical (unpaired) electrons. The zero-order valence-corrected chi connectivity index (χ0v) is 11.5. The number of halogens is 2. The number of benzene rings is 1. The first-order valence-electron chi connectivity index (χ1n) is 5.43. The number of nitrogens with one attached hydrogen (secondary N) is 1. The minimum Gasteiger partial charge on any atom is -0.477 e. The normalized spacial score (nSPS) is 10.1. The third kappa shape index (κ3) is 3.18. The standard InChI is InChI=1S/C13H8BrFN2O3/c14-8-1-2-9(15)10(6-8)17-12(18)7-3-4-16-11(5-7)13(19)20/h1-6H,(H,17,18)(H,19,20). The molecule has 1 heterocycles. The summed E-state index contributed by atoms with van der Waals surface area (Å²) in [5, 5.41) is 11.2. The zero-order valence-electron chi connectivity index (χ0n) is 9.93. The number of carboxylic acid groups (broad SMARTS) is 1. The van der Waals surface area contributed by atoms with Crippen molar-refractivity contribution in [3.63, 3.8) is 0 Å². The summed E-state index contributed by atoms with van der Waals surface area (Å²) in [4.78, 5) is 26.3. The molecule has 1 aromatic carbocycles. The average Bonchev–Trinajstić information content (AvgIpc) is 2.43. The Labute approximate surface area is 121 Å². The highest BCUT2D eigenvalue weighted by Crippen LogP contribution is 2.20. The Morgan fingerprint density at radius 2 is 2.00 bits per heavy atom. The van der Waals surface area contributed by atoms with Crippen LogP contribution in [0.25, 0.3) is 0 Å². The highest BCUT2D eigenvalue weighted by molar-refractivity contribution is 9.10. The van der Waals surface area contributed by atoms with Crippen LogP contribution in [0.1, 0.15) is 20.8 Å². The minimum absolute atomic E-state index is 0.00179. The molecule has 2 rings (SSSR count). The maximum absolute atomic E-state index is 13.5. The van der Waals surface area contributed by atoms with Gasteiger partial charge in [0.05, 0.1) is 5.69 Å². The lowest BCUT2D eigenvalue weighted by atomic mass is 10.2. The Morgan fingerprint density at radius 3 is 2.70 bits per heavy atom. The fourth-order valence-corrected chi connectivity index (χ4v) is 1.84. The summed E-state index contributed by atoms with van der Waals surface area (Å²) in [5.41, 5.74) is -0.179. The SMILES string of the molecule is O=C(Nc1cc(Br)ccc1F)c1ccnc(C(=O)O)c1. The molecule has 0 saturated carbocycles. The van der Waals surface area contributed by atoms with Crippen LogP contribution in [0.15, 0.2) is 41.0 Å². The van der Waals surface area contributed by atoms with E-state index >= 15 is 0 Å². The van der Waals surface area contributed by atoms with Crippen LogP contribution in [-0.4, -0.2) is 22.0 Å². The number of aromatic carboxylic acids is 1. The third-order valence-corrected chi connectivity index (χ3v) is 2.91. The first-order chi connectivity index (χ1) is 9.47. The van der Waals surface area contributed by atoms with E-state index in [9.17, 15) is 14.0 Å². The van der Waals surface area contributed by atoms with Gasteiger partial charge in [-0.25, -0.2) is 14.2 Å². The highest BCUT2D eigenvalue weighted by Gasteiger charge is 2.12. The summed E-state index contributed by atoms with van der Waals surface area (Å²) in [6.45, 7) is 0. The summed E-state index contributed by atoms with van der Waals surface area (Å²) >= 11 is 3.17. The summed E-state index contributed by atoms with van der Waals surface area (Å²) in [7, 11) is 0. The summed E-state index contributed by atoms with van der Waals surface area (Å²) in [6, 6.07) is 6.58. The lowest BCUT2D eigenvalue weighted by Crippen LogP contribution is -2.14. The van der Waals surface area contributed by atoms with E-state index < -0.39 is 17.7 Å². The quantitative estimate of drug-likeness (QED) is 0.901. The van der Waals surface area contributed by atoms with Gasteiger partial charge in [-0.1, -0.05) is 15.9 Å². The van der Waals surface area contributed by atoms with Gasteiger partial charge in [-0.05, 0) is 30.3 Å². The molecule has 1 aromatic heterocycles. The Hall–Kier alpha value is -2.28. The van der Waals surface area contributed by atoms with Crippen LogP contribution in [0.4, 0.5) is 10.1 Å². The molecule has 0 unspecified atom stereocenters. The molecule has 2 aromatic rings. The molecule has 0 aliphatic carbocycles. The van der Waals surface area contributed by atoms with Crippen LogP contribution in [-0.2, 0) is 0 Å². The summed E-state index contributed by atoms with van der Waals surface area (Å²) in [5.74, 6) is -2.45. The molecule has 0 aliphatic heterocycles. The number of hydrogen-bond acceptors (Lipinski definition) is 3. The van der Waals surface area contributed by atoms with Gasteiger partial charge in [-0.15, -0.1) is 0 Å². The van der Waals surface area contributed by atoms with Crippen molar-refractivity contribution in [2.75, 3.05) is 5.32 Å². The lowest BCUT2D eigenvalue weighted by molar-refractivity contribution is 0.0690. The molecule has 0 aliphatic rings. The topological polar surface area (TPSA) is 79.3 Å². The molecule has 0 bridgehead atoms. The van der Waals surface area contributed by atoms with Crippen molar-refractivity contribution in [2.45, 2.75) is 0 Å². The summed E-state index contributed by atoms with van der Waals surface area (Å²) in [6.07, 6.45) is 1.20. The van der Waals surface area contributed by atoms with E-state index in [4.69, 9.17) is 5.11 Å². The van der Waals surface area contributed by atoms with Crippen molar-refractivity contribution >= 4 is 33.5 Å². The van der Waals surface area contributed by atoms with E-state index in [2.05, 4.69) is 26.2 Å². The van der Waals surface area contributed by atoms with Gasteiger partial charge < -0.3 is 10.4 Å². The number of hydrogen-bond donors (Lipinski definition) is 2. The Bertz CT molecular complexity index is 691. The number of aromatic nitrogens is 1. The fraction of sp³-hybridized carbons (Fsp3) is 0. The molecule has 102 valence electrons. The van der Waals surface area contributed by atoms with Crippen molar-refractivity contribution in [1.82, 2.24) is 4.98 Å². The number of pyridine rings is 1. The number of rotatable bonds is 3. The Morgan fingerprint density at radius 1 is 1.25 bits per heavy atom. The zero-order chi connectivity index (χ0) is 14.7. The molecule has 0 fully saturated rings. The van der Waals surface area contributed by atoms with E-state index in [-0.39, 0.29) is 16.9 Å². The molecule has 5 nitrogen and oxygen atoms in total. The van der Waals surface area contributed by atoms with Crippen LogP contribution in [0, 0.1) is 5.82 Å². The lowest BCUT2D eigenvalue weighted by Gasteiger charge is -2.07. The molecule has 0 saturated heterocycles. The number of carbonyl (C=O) groups is 2. The fourth-order valence-electron chi connectivity index (χ4n) is 1.48. The maximum atomic E-state index is 13.5. The van der Waals surface area contributed by atoms with Gasteiger partial charge in [0.25, 0.3) is 5.91 Å². The van der Waals surface area contributed by atoms with Crippen molar-refractivity contribution in [3.8, 4) is 0 Å². The molecular weight excluding hydrogens is 331 g/mol. The van der Waals surface area contributed by atoms with Crippen molar-refractivity contribution in [1.29, 1.82) is 0 Å². The van der Waals surface area contributed by atoms with Gasteiger partial charge in [-0.2, -0.15) is 0 Å². The molecule has 20 heavy (non-hydrogen) atoms. The van der Waals surface area contributed by atoms with Crippen LogP contribution in [0.2, 0.25) is 0 Å². The van der Waals surface area contributed by atoms with Crippen molar-refractivity contribution < 1.29 is 19.1 Å². The Balaban J connectivity index is 2.26. The van der Waals surface area contributed by atoms with E-state index in [1.807, 2.05) is 0 Å². The van der Waals surface area contributed by atoms with Gasteiger partial charge in [0, 0.05) is 16.2 Å². The molecule has 2 N–H and O–H groups in total. The Kier molecular flexibility index (Phi) is 4.09. The van der Waals surface area contributed by atoms with Crippen molar-refractivity contribution in [3.05, 3.63) is 58.1 Å². The maximum Gasteiger partial charge on any atom is 0.354 e. The second-order valence-electron chi connectivity index (χ2n) is 3.81. The minimum atomic E-state index is -1.24. The number of nitrogens with zero attached hydrogens (tertiary/aromatic N) is 1. The molecule has 1 amide bonds. The van der Waals surface area contributed by atoms with Gasteiger partial charge in [-0.3, -0.25) is 4.79 Å². The third-order valence-electron chi connectivity index (χ3n) is 2.42. The largest absolute Gasteiger partial charge is 0.477 e. The average molecular weight is 339 g/mol. The van der Waals surface area contributed by atoms with Crippen LogP contribution < -0.4 is 5.32 Å². The van der Waals surface area contributed by atoms with Crippen LogP contribution >= 0.6 is 15.9 Å². The molecule has 0 spiro atoms. The van der Waals surface area contributed by atoms with Gasteiger partial charge in [0.1, 0.15) is 11.5 Å². The number of carbonyl (C=O) groups excluding carboxylic acids is 1. The van der Waals surface area contributed by atoms with E-state index in [1.54, 1.807) is 0 Å². The van der Waals surface area contributed by atoms with Gasteiger partial charge >= 0.3 is 5.97 Å². The van der Waals surface area contributed by atoms with Crippen LogP contribution in [0.3, 0.4) is 0 Å². The number of carboxylic acids is 1. The second kappa shape index (κ2) is 5.79.